The van der Waals surface area contributed by atoms with E-state index >= 15 is 0 Å². The lowest BCUT2D eigenvalue weighted by Crippen LogP contribution is -2.35. The molecule has 1 atom stereocenters. The van der Waals surface area contributed by atoms with E-state index in [0.29, 0.717) is 13.2 Å². The van der Waals surface area contributed by atoms with Gasteiger partial charge in [-0.3, -0.25) is 4.79 Å². The maximum absolute atomic E-state index is 12.8. The fourth-order valence-electron chi connectivity index (χ4n) is 2.67. The number of aromatic nitrogens is 3. The maximum Gasteiger partial charge on any atom is 0.240 e. The van der Waals surface area contributed by atoms with E-state index in [2.05, 4.69) is 16.3 Å². The molecule has 2 heterocycles. The SMILES string of the molecule is COCCn1cnnc1SC(C)C(=O)N1CCc2ccccc21. The lowest BCUT2D eigenvalue weighted by molar-refractivity contribution is -0.117. The van der Waals surface area contributed by atoms with Crippen molar-refractivity contribution in [1.82, 2.24) is 14.8 Å². The van der Waals surface area contributed by atoms with Crippen LogP contribution in [0.2, 0.25) is 0 Å². The summed E-state index contributed by atoms with van der Waals surface area (Å²) in [6.45, 7) is 3.94. The van der Waals surface area contributed by atoms with Crippen molar-refractivity contribution in [2.75, 3.05) is 25.2 Å². The van der Waals surface area contributed by atoms with Crippen molar-refractivity contribution >= 4 is 23.4 Å². The van der Waals surface area contributed by atoms with Crippen LogP contribution >= 0.6 is 11.8 Å². The van der Waals surface area contributed by atoms with Crippen LogP contribution in [0.3, 0.4) is 0 Å². The molecule has 122 valence electrons. The van der Waals surface area contributed by atoms with E-state index in [4.69, 9.17) is 4.74 Å². The van der Waals surface area contributed by atoms with E-state index in [9.17, 15) is 4.79 Å². The van der Waals surface area contributed by atoms with E-state index in [1.54, 1.807) is 13.4 Å². The summed E-state index contributed by atoms with van der Waals surface area (Å²) in [4.78, 5) is 14.7. The van der Waals surface area contributed by atoms with Crippen LogP contribution in [-0.2, 0) is 22.5 Å². The lowest BCUT2D eigenvalue weighted by Gasteiger charge is -2.21. The van der Waals surface area contributed by atoms with Gasteiger partial charge in [0.2, 0.25) is 5.91 Å². The van der Waals surface area contributed by atoms with Crippen molar-refractivity contribution in [3.05, 3.63) is 36.2 Å². The quantitative estimate of drug-likeness (QED) is 0.757. The zero-order valence-electron chi connectivity index (χ0n) is 13.3. The molecule has 23 heavy (non-hydrogen) atoms. The molecule has 3 rings (SSSR count). The maximum atomic E-state index is 12.8. The first-order valence-corrected chi connectivity index (χ1v) is 8.51. The number of benzene rings is 1. The van der Waals surface area contributed by atoms with Gasteiger partial charge in [-0.05, 0) is 25.0 Å². The van der Waals surface area contributed by atoms with Crippen LogP contribution in [-0.4, -0.2) is 46.2 Å². The first-order valence-electron chi connectivity index (χ1n) is 7.63. The Morgan fingerprint density at radius 3 is 3.09 bits per heavy atom. The Balaban J connectivity index is 1.68. The number of hydrogen-bond acceptors (Lipinski definition) is 5. The predicted molar refractivity (Wildman–Crippen MR) is 89.7 cm³/mol. The highest BCUT2D eigenvalue weighted by Gasteiger charge is 2.29. The fraction of sp³-hybridized carbons (Fsp3) is 0.438. The molecule has 0 spiro atoms. The number of amides is 1. The van der Waals surface area contributed by atoms with Crippen LogP contribution < -0.4 is 4.90 Å². The number of para-hydroxylation sites is 1. The van der Waals surface area contributed by atoms with Crippen molar-refractivity contribution in [1.29, 1.82) is 0 Å². The molecule has 2 aromatic rings. The molecule has 1 amide bonds. The molecule has 7 heteroatoms. The van der Waals surface area contributed by atoms with E-state index in [1.807, 2.05) is 34.6 Å². The Morgan fingerprint density at radius 1 is 1.43 bits per heavy atom. The first-order chi connectivity index (χ1) is 11.2. The summed E-state index contributed by atoms with van der Waals surface area (Å²) in [5, 5.41) is 8.57. The van der Waals surface area contributed by atoms with Crippen LogP contribution in [0.5, 0.6) is 0 Å². The molecule has 0 aliphatic carbocycles. The molecule has 1 unspecified atom stereocenters. The summed E-state index contributed by atoms with van der Waals surface area (Å²) in [5.74, 6) is 0.112. The van der Waals surface area contributed by atoms with Gasteiger partial charge in [-0.1, -0.05) is 30.0 Å². The summed E-state index contributed by atoms with van der Waals surface area (Å²) in [5.41, 5.74) is 2.27. The molecule has 6 nitrogen and oxygen atoms in total. The molecule has 0 fully saturated rings. The van der Waals surface area contributed by atoms with Crippen molar-refractivity contribution in [2.24, 2.45) is 0 Å². The third-order valence-corrected chi connectivity index (χ3v) is 4.98. The van der Waals surface area contributed by atoms with Crippen molar-refractivity contribution in [2.45, 2.75) is 30.3 Å². The van der Waals surface area contributed by atoms with Gasteiger partial charge in [0.15, 0.2) is 5.16 Å². The predicted octanol–water partition coefficient (Wildman–Crippen LogP) is 1.99. The molecule has 0 saturated heterocycles. The second-order valence-electron chi connectivity index (χ2n) is 5.43. The van der Waals surface area contributed by atoms with Gasteiger partial charge in [0, 0.05) is 25.9 Å². The molecule has 1 aromatic carbocycles. The second-order valence-corrected chi connectivity index (χ2v) is 6.74. The van der Waals surface area contributed by atoms with Crippen LogP contribution in [0.15, 0.2) is 35.7 Å². The molecular formula is C16H20N4O2S. The van der Waals surface area contributed by atoms with E-state index in [1.165, 1.54) is 17.3 Å². The van der Waals surface area contributed by atoms with Crippen molar-refractivity contribution in [3.8, 4) is 0 Å². The largest absolute Gasteiger partial charge is 0.383 e. The van der Waals surface area contributed by atoms with Gasteiger partial charge in [0.25, 0.3) is 0 Å². The molecule has 0 saturated carbocycles. The number of anilines is 1. The number of carbonyl (C=O) groups excluding carboxylic acids is 1. The minimum atomic E-state index is -0.216. The zero-order chi connectivity index (χ0) is 16.2. The first kappa shape index (κ1) is 16.0. The topological polar surface area (TPSA) is 60.2 Å². The summed E-state index contributed by atoms with van der Waals surface area (Å²) in [6, 6.07) is 8.09. The molecule has 1 aliphatic heterocycles. The van der Waals surface area contributed by atoms with E-state index in [-0.39, 0.29) is 11.2 Å². The number of fused-ring (bicyclic) bond motifs is 1. The Kier molecular flexibility index (Phi) is 4.97. The van der Waals surface area contributed by atoms with Gasteiger partial charge in [-0.15, -0.1) is 10.2 Å². The molecule has 0 bridgehead atoms. The minimum absolute atomic E-state index is 0.112. The monoisotopic (exact) mass is 332 g/mol. The number of thioether (sulfide) groups is 1. The lowest BCUT2D eigenvalue weighted by atomic mass is 10.2. The van der Waals surface area contributed by atoms with Crippen molar-refractivity contribution in [3.63, 3.8) is 0 Å². The number of methoxy groups -OCH3 is 1. The smallest absolute Gasteiger partial charge is 0.240 e. The number of hydrogen-bond donors (Lipinski definition) is 0. The minimum Gasteiger partial charge on any atom is -0.383 e. The Hall–Kier alpha value is -1.86. The summed E-state index contributed by atoms with van der Waals surface area (Å²) >= 11 is 1.44. The Labute approximate surface area is 139 Å². The van der Waals surface area contributed by atoms with Gasteiger partial charge < -0.3 is 14.2 Å². The van der Waals surface area contributed by atoms with Crippen LogP contribution in [0.4, 0.5) is 5.69 Å². The Morgan fingerprint density at radius 2 is 2.26 bits per heavy atom. The highest BCUT2D eigenvalue weighted by atomic mass is 32.2. The van der Waals surface area contributed by atoms with Crippen LogP contribution in [0.1, 0.15) is 12.5 Å². The van der Waals surface area contributed by atoms with E-state index in [0.717, 1.165) is 23.8 Å². The van der Waals surface area contributed by atoms with Gasteiger partial charge in [0.1, 0.15) is 6.33 Å². The van der Waals surface area contributed by atoms with Gasteiger partial charge in [-0.25, -0.2) is 0 Å². The third kappa shape index (κ3) is 3.40. The number of carbonyl (C=O) groups is 1. The van der Waals surface area contributed by atoms with Crippen LogP contribution in [0, 0.1) is 0 Å². The Bertz CT molecular complexity index is 688. The average molecular weight is 332 g/mol. The number of ether oxygens (including phenoxy) is 1. The molecule has 0 N–H and O–H groups in total. The average Bonchev–Trinajstić information content (AvgIpc) is 3.18. The molecular weight excluding hydrogens is 312 g/mol. The van der Waals surface area contributed by atoms with Gasteiger partial charge in [-0.2, -0.15) is 0 Å². The zero-order valence-corrected chi connectivity index (χ0v) is 14.1. The van der Waals surface area contributed by atoms with Crippen LogP contribution in [0.25, 0.3) is 0 Å². The normalized spacial score (nSPS) is 14.8. The summed E-state index contributed by atoms with van der Waals surface area (Å²) in [6.07, 6.45) is 2.59. The van der Waals surface area contributed by atoms with E-state index < -0.39 is 0 Å². The highest BCUT2D eigenvalue weighted by molar-refractivity contribution is 8.00. The van der Waals surface area contributed by atoms with Gasteiger partial charge >= 0.3 is 0 Å². The summed E-state index contributed by atoms with van der Waals surface area (Å²) < 4.78 is 6.99. The summed E-state index contributed by atoms with van der Waals surface area (Å²) in [7, 11) is 1.66. The standard InChI is InChI=1S/C16H20N4O2S/c1-12(23-16-18-17-11-19(16)9-10-22-2)15(21)20-8-7-13-5-3-4-6-14(13)20/h3-6,11-12H,7-10H2,1-2H3. The van der Waals surface area contributed by atoms with Crippen molar-refractivity contribution < 1.29 is 9.53 Å². The molecule has 1 aromatic heterocycles. The van der Waals surface area contributed by atoms with Gasteiger partial charge in [0.05, 0.1) is 11.9 Å². The highest BCUT2D eigenvalue weighted by Crippen LogP contribution is 2.31. The molecule has 1 aliphatic rings. The second kappa shape index (κ2) is 7.14. The third-order valence-electron chi connectivity index (χ3n) is 3.90. The molecule has 0 radical (unpaired) electrons. The number of nitrogens with zero attached hydrogens (tertiary/aromatic N) is 4. The fourth-order valence-corrected chi connectivity index (χ4v) is 3.59. The number of rotatable bonds is 6.